The molecule has 0 radical (unpaired) electrons. The number of aromatic amines is 1. The highest BCUT2D eigenvalue weighted by molar-refractivity contribution is 5.90. The number of hydrogen-bond acceptors (Lipinski definition) is 6. The van der Waals surface area contributed by atoms with E-state index in [-0.39, 0.29) is 0 Å². The topological polar surface area (TPSA) is 84.0 Å². The Kier molecular flexibility index (Phi) is 3.64. The maximum atomic E-state index is 5.70. The van der Waals surface area contributed by atoms with Crippen molar-refractivity contribution in [2.24, 2.45) is 0 Å². The number of pyridine rings is 1. The highest BCUT2D eigenvalue weighted by Crippen LogP contribution is 2.28. The summed E-state index contributed by atoms with van der Waals surface area (Å²) in [7, 11) is 0. The van der Waals surface area contributed by atoms with Crippen LogP contribution in [0.5, 0.6) is 0 Å². The van der Waals surface area contributed by atoms with Crippen LogP contribution in [0.3, 0.4) is 0 Å². The lowest BCUT2D eigenvalue weighted by Gasteiger charge is -2.24. The van der Waals surface area contributed by atoms with Crippen LogP contribution in [0.25, 0.3) is 28.3 Å². The first kappa shape index (κ1) is 15.1. The summed E-state index contributed by atoms with van der Waals surface area (Å²) in [4.78, 5) is 9.90. The minimum Gasteiger partial charge on any atom is -0.459 e. The lowest BCUT2D eigenvalue weighted by atomic mass is 9.99. The Bertz CT molecular complexity index is 1060. The molecule has 5 heterocycles. The number of furan rings is 1. The fourth-order valence-corrected chi connectivity index (χ4v) is 3.33. The van der Waals surface area contributed by atoms with E-state index in [0.717, 1.165) is 25.2 Å². The Hall–Kier alpha value is -3.19. The van der Waals surface area contributed by atoms with Gasteiger partial charge in [-0.2, -0.15) is 0 Å². The molecule has 0 spiro atoms. The van der Waals surface area contributed by atoms with Gasteiger partial charge >= 0.3 is 0 Å². The molecule has 1 aliphatic rings. The van der Waals surface area contributed by atoms with E-state index in [0.29, 0.717) is 24.1 Å². The second-order valence-corrected chi connectivity index (χ2v) is 6.29. The Balaban J connectivity index is 1.29. The van der Waals surface area contributed by atoms with Gasteiger partial charge in [0.25, 0.3) is 5.89 Å². The summed E-state index contributed by atoms with van der Waals surface area (Å²) in [5.41, 5.74) is 3.52. The van der Waals surface area contributed by atoms with E-state index in [4.69, 9.17) is 8.83 Å². The summed E-state index contributed by atoms with van der Waals surface area (Å²) < 4.78 is 11.0. The minimum absolute atomic E-state index is 0.421. The Morgan fingerprint density at radius 3 is 3.04 bits per heavy atom. The van der Waals surface area contributed by atoms with E-state index < -0.39 is 0 Å². The van der Waals surface area contributed by atoms with E-state index in [1.807, 2.05) is 18.3 Å². The van der Waals surface area contributed by atoms with Gasteiger partial charge in [0.2, 0.25) is 5.89 Å². The molecule has 0 atom stereocenters. The largest absolute Gasteiger partial charge is 0.459 e. The summed E-state index contributed by atoms with van der Waals surface area (Å²) in [5.74, 6) is 1.62. The summed E-state index contributed by atoms with van der Waals surface area (Å²) in [5, 5.41) is 9.35. The van der Waals surface area contributed by atoms with E-state index in [9.17, 15) is 0 Å². The molecule has 4 aromatic rings. The normalized spacial score (nSPS) is 15.5. The zero-order valence-corrected chi connectivity index (χ0v) is 14.1. The van der Waals surface area contributed by atoms with Gasteiger partial charge in [0, 0.05) is 36.4 Å². The summed E-state index contributed by atoms with van der Waals surface area (Å²) in [6.45, 7) is 2.42. The number of nitrogens with zero attached hydrogens (tertiary/aromatic N) is 4. The Morgan fingerprint density at radius 1 is 1.19 bits per heavy atom. The van der Waals surface area contributed by atoms with Crippen molar-refractivity contribution in [3.05, 3.63) is 60.5 Å². The molecule has 26 heavy (non-hydrogen) atoms. The zero-order valence-electron chi connectivity index (χ0n) is 14.1. The third-order valence-electron chi connectivity index (χ3n) is 4.65. The van der Waals surface area contributed by atoms with Gasteiger partial charge in [-0.3, -0.25) is 4.90 Å². The summed E-state index contributed by atoms with van der Waals surface area (Å²) in [6, 6.07) is 7.69. The van der Waals surface area contributed by atoms with Crippen LogP contribution in [0.1, 0.15) is 17.9 Å². The van der Waals surface area contributed by atoms with Gasteiger partial charge < -0.3 is 13.8 Å². The lowest BCUT2D eigenvalue weighted by molar-refractivity contribution is 0.262. The highest BCUT2D eigenvalue weighted by atomic mass is 16.4. The smallest absolute Gasteiger partial charge is 0.283 e. The van der Waals surface area contributed by atoms with Crippen LogP contribution in [0.4, 0.5) is 0 Å². The van der Waals surface area contributed by atoms with Gasteiger partial charge in [0.1, 0.15) is 5.65 Å². The van der Waals surface area contributed by atoms with Crippen molar-refractivity contribution in [2.75, 3.05) is 13.1 Å². The number of nitrogens with one attached hydrogen (secondary N) is 1. The van der Waals surface area contributed by atoms with Gasteiger partial charge in [0.05, 0.1) is 12.8 Å². The molecule has 1 aliphatic heterocycles. The van der Waals surface area contributed by atoms with Gasteiger partial charge in [-0.1, -0.05) is 6.08 Å². The van der Waals surface area contributed by atoms with Crippen molar-refractivity contribution in [3.8, 4) is 11.7 Å². The molecule has 0 amide bonds. The lowest BCUT2D eigenvalue weighted by Crippen LogP contribution is -2.28. The van der Waals surface area contributed by atoms with Crippen molar-refractivity contribution >= 4 is 16.6 Å². The molecule has 130 valence electrons. The quantitative estimate of drug-likeness (QED) is 0.608. The number of fused-ring (bicyclic) bond motifs is 1. The molecule has 0 aliphatic carbocycles. The van der Waals surface area contributed by atoms with Crippen molar-refractivity contribution in [3.63, 3.8) is 0 Å². The van der Waals surface area contributed by atoms with Crippen LogP contribution < -0.4 is 0 Å². The van der Waals surface area contributed by atoms with Gasteiger partial charge in [-0.25, -0.2) is 4.98 Å². The van der Waals surface area contributed by atoms with Crippen LogP contribution in [0, 0.1) is 0 Å². The van der Waals surface area contributed by atoms with Crippen LogP contribution in [-0.2, 0) is 6.54 Å². The highest BCUT2D eigenvalue weighted by Gasteiger charge is 2.18. The first-order chi connectivity index (χ1) is 12.9. The molecule has 7 nitrogen and oxygen atoms in total. The zero-order chi connectivity index (χ0) is 17.3. The molecule has 5 rings (SSSR count). The maximum absolute atomic E-state index is 5.70. The number of rotatable bonds is 4. The maximum Gasteiger partial charge on any atom is 0.283 e. The van der Waals surface area contributed by atoms with Crippen LogP contribution in [0.15, 0.2) is 57.8 Å². The van der Waals surface area contributed by atoms with Crippen LogP contribution in [-0.4, -0.2) is 38.2 Å². The summed E-state index contributed by atoms with van der Waals surface area (Å²) in [6.07, 6.45) is 8.69. The van der Waals surface area contributed by atoms with Crippen molar-refractivity contribution < 1.29 is 8.83 Å². The monoisotopic (exact) mass is 347 g/mol. The molecule has 0 fully saturated rings. The minimum atomic E-state index is 0.421. The predicted octanol–water partition coefficient (Wildman–Crippen LogP) is 3.50. The standard InChI is InChI=1S/C19H17N5O2/c1-3-14-15(11-21-18(14)20-7-1)13-5-8-24(9-6-13)12-17-22-23-19(26-17)16-4-2-10-25-16/h1-5,7,10-11H,6,8-9,12H2,(H,20,21). The Labute approximate surface area is 149 Å². The second-order valence-electron chi connectivity index (χ2n) is 6.29. The molecule has 0 aromatic carbocycles. The molecule has 1 N–H and O–H groups in total. The third kappa shape index (κ3) is 2.72. The van der Waals surface area contributed by atoms with Crippen molar-refractivity contribution in [2.45, 2.75) is 13.0 Å². The average Bonchev–Trinajstić information content (AvgIpc) is 3.43. The molecule has 4 aromatic heterocycles. The molecule has 7 heteroatoms. The molecule has 0 saturated carbocycles. The summed E-state index contributed by atoms with van der Waals surface area (Å²) >= 11 is 0. The average molecular weight is 347 g/mol. The van der Waals surface area contributed by atoms with Crippen molar-refractivity contribution in [1.29, 1.82) is 0 Å². The predicted molar refractivity (Wildman–Crippen MR) is 96.0 cm³/mol. The third-order valence-corrected chi connectivity index (χ3v) is 4.65. The van der Waals surface area contributed by atoms with Gasteiger partial charge in [-0.15, -0.1) is 10.2 Å². The van der Waals surface area contributed by atoms with Gasteiger partial charge in [0.15, 0.2) is 5.76 Å². The van der Waals surface area contributed by atoms with Crippen LogP contribution in [0.2, 0.25) is 0 Å². The van der Waals surface area contributed by atoms with E-state index in [1.54, 1.807) is 18.5 Å². The van der Waals surface area contributed by atoms with E-state index in [2.05, 4.69) is 37.2 Å². The molecular formula is C19H17N5O2. The van der Waals surface area contributed by atoms with E-state index in [1.165, 1.54) is 16.5 Å². The number of aromatic nitrogens is 4. The fraction of sp³-hybridized carbons (Fsp3) is 0.211. The number of hydrogen-bond donors (Lipinski definition) is 1. The first-order valence-electron chi connectivity index (χ1n) is 8.57. The van der Waals surface area contributed by atoms with Gasteiger partial charge in [-0.05, 0) is 36.3 Å². The number of H-pyrrole nitrogens is 1. The second kappa shape index (κ2) is 6.27. The first-order valence-corrected chi connectivity index (χ1v) is 8.57. The fourth-order valence-electron chi connectivity index (χ4n) is 3.33. The molecule has 0 unspecified atom stereocenters. The molecular weight excluding hydrogens is 330 g/mol. The molecule has 0 bridgehead atoms. The van der Waals surface area contributed by atoms with Crippen LogP contribution >= 0.6 is 0 Å². The van der Waals surface area contributed by atoms with E-state index >= 15 is 0 Å². The Morgan fingerprint density at radius 2 is 2.19 bits per heavy atom. The van der Waals surface area contributed by atoms with Crippen molar-refractivity contribution in [1.82, 2.24) is 25.1 Å². The molecule has 0 saturated heterocycles. The SMILES string of the molecule is C1=C(c2c[nH]c3ncccc23)CCN(Cc2nnc(-c3ccco3)o2)C1.